The maximum absolute atomic E-state index is 12.8. The van der Waals surface area contributed by atoms with E-state index < -0.39 is 15.7 Å². The molecule has 1 amide bonds. The quantitative estimate of drug-likeness (QED) is 0.547. The smallest absolute Gasteiger partial charge is 0.287 e. The molecule has 0 saturated heterocycles. The summed E-state index contributed by atoms with van der Waals surface area (Å²) >= 11 is 0. The Morgan fingerprint density at radius 1 is 1.03 bits per heavy atom. The van der Waals surface area contributed by atoms with Crippen molar-refractivity contribution in [2.45, 2.75) is 30.0 Å². The number of carbonyl (C=O) groups is 1. The summed E-state index contributed by atoms with van der Waals surface area (Å²) in [5.74, 6) is -0.704. The Hall–Kier alpha value is -2.90. The van der Waals surface area contributed by atoms with Crippen molar-refractivity contribution in [3.8, 4) is 0 Å². The van der Waals surface area contributed by atoms with Gasteiger partial charge in [0, 0.05) is 12.1 Å². The van der Waals surface area contributed by atoms with Crippen LogP contribution in [0.5, 0.6) is 0 Å². The normalized spacial score (nSPS) is 12.6. The van der Waals surface area contributed by atoms with E-state index in [4.69, 9.17) is 4.42 Å². The molecule has 2 aromatic carbocycles. The highest BCUT2D eigenvalue weighted by Crippen LogP contribution is 2.21. The Kier molecular flexibility index (Phi) is 7.30. The summed E-state index contributed by atoms with van der Waals surface area (Å²) in [6.45, 7) is 2.47. The summed E-state index contributed by atoms with van der Waals surface area (Å²) in [5, 5.41) is 2.89. The number of carbonyl (C=O) groups excluding carboxylic acids is 1. The van der Waals surface area contributed by atoms with Crippen molar-refractivity contribution in [3.05, 3.63) is 89.4 Å². The maximum atomic E-state index is 12.8. The molecule has 1 N–H and O–H groups in total. The van der Waals surface area contributed by atoms with Crippen molar-refractivity contribution >= 4 is 15.7 Å². The lowest BCUT2D eigenvalue weighted by Gasteiger charge is -2.25. The third-order valence-corrected chi connectivity index (χ3v) is 6.93. The lowest BCUT2D eigenvalue weighted by atomic mass is 10.0. The van der Waals surface area contributed by atoms with E-state index in [-0.39, 0.29) is 22.5 Å². The number of amides is 1. The number of aryl methyl sites for hydroxylation is 1. The van der Waals surface area contributed by atoms with Gasteiger partial charge >= 0.3 is 0 Å². The van der Waals surface area contributed by atoms with Crippen LogP contribution in [0, 0.1) is 0 Å². The molecule has 1 unspecified atom stereocenters. The number of nitrogens with zero attached hydrogens (tertiary/aromatic N) is 1. The first-order valence-electron chi connectivity index (χ1n) is 10.2. The molecule has 6 nitrogen and oxygen atoms in total. The number of likely N-dealkylation sites (N-methyl/N-ethyl adjacent to an activating group) is 1. The van der Waals surface area contributed by atoms with Crippen molar-refractivity contribution in [2.24, 2.45) is 0 Å². The third kappa shape index (κ3) is 5.62. The Morgan fingerprint density at radius 3 is 2.32 bits per heavy atom. The van der Waals surface area contributed by atoms with Crippen LogP contribution in [0.15, 0.2) is 76.2 Å². The summed E-state index contributed by atoms with van der Waals surface area (Å²) < 4.78 is 30.7. The van der Waals surface area contributed by atoms with Gasteiger partial charge in [-0.15, -0.1) is 0 Å². The second-order valence-corrected chi connectivity index (χ2v) is 9.62. The van der Waals surface area contributed by atoms with Crippen LogP contribution in [0.3, 0.4) is 0 Å². The fraction of sp³-hybridized carbons (Fsp3) is 0.292. The molecule has 0 saturated carbocycles. The van der Waals surface area contributed by atoms with Crippen LogP contribution < -0.4 is 5.32 Å². The minimum Gasteiger partial charge on any atom is -0.459 e. The second kappa shape index (κ2) is 9.94. The number of sulfone groups is 1. The van der Waals surface area contributed by atoms with Crippen molar-refractivity contribution in [3.63, 3.8) is 0 Å². The first-order valence-corrected chi connectivity index (χ1v) is 11.8. The number of rotatable bonds is 9. The second-order valence-electron chi connectivity index (χ2n) is 7.63. The van der Waals surface area contributed by atoms with Gasteiger partial charge in [-0.3, -0.25) is 4.79 Å². The Morgan fingerprint density at radius 2 is 1.71 bits per heavy atom. The molecule has 31 heavy (non-hydrogen) atoms. The molecule has 1 heterocycles. The number of benzene rings is 2. The Balaban J connectivity index is 1.71. The van der Waals surface area contributed by atoms with Crippen LogP contribution in [-0.4, -0.2) is 39.9 Å². The van der Waals surface area contributed by atoms with E-state index in [0.29, 0.717) is 12.1 Å². The molecule has 0 aliphatic heterocycles. The maximum Gasteiger partial charge on any atom is 0.287 e. The monoisotopic (exact) mass is 440 g/mol. The van der Waals surface area contributed by atoms with Gasteiger partial charge in [0.15, 0.2) is 15.6 Å². The predicted octanol–water partition coefficient (Wildman–Crippen LogP) is 3.85. The van der Waals surface area contributed by atoms with E-state index in [1.165, 1.54) is 17.9 Å². The molecule has 0 aliphatic carbocycles. The zero-order chi connectivity index (χ0) is 22.4. The molecular formula is C24H28N2O4S. The zero-order valence-corrected chi connectivity index (χ0v) is 18.9. The Labute approximate surface area is 183 Å². The average molecular weight is 441 g/mol. The van der Waals surface area contributed by atoms with E-state index in [9.17, 15) is 13.2 Å². The molecular weight excluding hydrogens is 412 g/mol. The molecule has 1 aromatic heterocycles. The van der Waals surface area contributed by atoms with E-state index in [2.05, 4.69) is 36.5 Å². The number of furan rings is 1. The summed E-state index contributed by atoms with van der Waals surface area (Å²) in [6, 6.07) is 18.0. The highest BCUT2D eigenvalue weighted by atomic mass is 32.2. The van der Waals surface area contributed by atoms with Gasteiger partial charge in [0.25, 0.3) is 5.91 Å². The molecule has 3 rings (SSSR count). The lowest BCUT2D eigenvalue weighted by Crippen LogP contribution is -2.34. The molecule has 0 fully saturated rings. The molecule has 7 heteroatoms. The van der Waals surface area contributed by atoms with E-state index in [0.717, 1.165) is 12.0 Å². The minimum atomic E-state index is -3.58. The minimum absolute atomic E-state index is 0.0262. The highest BCUT2D eigenvalue weighted by Gasteiger charge is 2.23. The SMILES string of the molecule is CCc1ccc(C(CNC(=O)c2occc2CS(=O)(=O)c2ccccc2)N(C)C)cc1. The van der Waals surface area contributed by atoms with Gasteiger partial charge in [-0.1, -0.05) is 49.4 Å². The lowest BCUT2D eigenvalue weighted by molar-refractivity contribution is 0.0913. The van der Waals surface area contributed by atoms with Crippen molar-refractivity contribution in [2.75, 3.05) is 20.6 Å². The van der Waals surface area contributed by atoms with Crippen LogP contribution in [0.25, 0.3) is 0 Å². The van der Waals surface area contributed by atoms with Crippen LogP contribution in [0.4, 0.5) is 0 Å². The van der Waals surface area contributed by atoms with Gasteiger partial charge in [-0.25, -0.2) is 8.42 Å². The summed E-state index contributed by atoms with van der Waals surface area (Å²) in [7, 11) is 0.326. The largest absolute Gasteiger partial charge is 0.459 e. The van der Waals surface area contributed by atoms with Gasteiger partial charge in [0.2, 0.25) is 0 Å². The zero-order valence-electron chi connectivity index (χ0n) is 18.0. The Bertz CT molecular complexity index is 1100. The first kappa shape index (κ1) is 22.8. The standard InChI is InChI=1S/C24H28N2O4S/c1-4-18-10-12-19(13-11-18)22(26(2)3)16-25-24(27)23-20(14-15-30-23)17-31(28,29)21-8-6-5-7-9-21/h5-15,22H,4,16-17H2,1-3H3,(H,25,27). The van der Waals surface area contributed by atoms with Gasteiger partial charge in [0.05, 0.1) is 23.0 Å². The van der Waals surface area contributed by atoms with Crippen LogP contribution in [0.2, 0.25) is 0 Å². The highest BCUT2D eigenvalue weighted by molar-refractivity contribution is 7.90. The fourth-order valence-electron chi connectivity index (χ4n) is 3.41. The first-order chi connectivity index (χ1) is 14.8. The van der Waals surface area contributed by atoms with Gasteiger partial charge in [-0.05, 0) is 49.8 Å². The van der Waals surface area contributed by atoms with Crippen LogP contribution >= 0.6 is 0 Å². The van der Waals surface area contributed by atoms with Crippen LogP contribution in [0.1, 0.15) is 40.2 Å². The molecule has 0 radical (unpaired) electrons. The van der Waals surface area contributed by atoms with Crippen LogP contribution in [-0.2, 0) is 22.0 Å². The van der Waals surface area contributed by atoms with Crippen molar-refractivity contribution in [1.82, 2.24) is 10.2 Å². The number of hydrogen-bond donors (Lipinski definition) is 1. The molecule has 0 spiro atoms. The molecule has 0 aliphatic rings. The van der Waals surface area contributed by atoms with Crippen molar-refractivity contribution < 1.29 is 17.6 Å². The third-order valence-electron chi connectivity index (χ3n) is 5.25. The van der Waals surface area contributed by atoms with Gasteiger partial charge in [0.1, 0.15) is 0 Å². The van der Waals surface area contributed by atoms with E-state index >= 15 is 0 Å². The number of hydrogen-bond acceptors (Lipinski definition) is 5. The molecule has 1 atom stereocenters. The summed E-state index contributed by atoms with van der Waals surface area (Å²) in [5.41, 5.74) is 2.69. The van der Waals surface area contributed by atoms with Crippen molar-refractivity contribution in [1.29, 1.82) is 0 Å². The average Bonchev–Trinajstić information content (AvgIpc) is 3.22. The molecule has 3 aromatic rings. The summed E-state index contributed by atoms with van der Waals surface area (Å²) in [6.07, 6.45) is 2.31. The summed E-state index contributed by atoms with van der Waals surface area (Å²) in [4.78, 5) is 15.0. The van der Waals surface area contributed by atoms with E-state index in [1.54, 1.807) is 30.3 Å². The topological polar surface area (TPSA) is 79.6 Å². The predicted molar refractivity (Wildman–Crippen MR) is 121 cm³/mol. The number of nitrogens with one attached hydrogen (secondary N) is 1. The van der Waals surface area contributed by atoms with Gasteiger partial charge in [-0.2, -0.15) is 0 Å². The molecule has 164 valence electrons. The molecule has 0 bridgehead atoms. The van der Waals surface area contributed by atoms with Gasteiger partial charge < -0.3 is 14.6 Å². The van der Waals surface area contributed by atoms with E-state index in [1.807, 2.05) is 19.0 Å². The fourth-order valence-corrected chi connectivity index (χ4v) is 4.78.